The van der Waals surface area contributed by atoms with Gasteiger partial charge >= 0.3 is 0 Å². The minimum atomic E-state index is -3.96. The van der Waals surface area contributed by atoms with Crippen LogP contribution in [-0.2, 0) is 21.4 Å². The summed E-state index contributed by atoms with van der Waals surface area (Å²) in [5.74, 6) is 0.579. The number of carbonyl (C=O) groups is 1. The fourth-order valence-corrected chi connectivity index (χ4v) is 4.42. The summed E-state index contributed by atoms with van der Waals surface area (Å²) in [5, 5.41) is 2.81. The topological polar surface area (TPSA) is 88.9 Å². The van der Waals surface area contributed by atoms with E-state index < -0.39 is 15.9 Å². The molecule has 3 aromatic rings. The quantitative estimate of drug-likeness (QED) is 0.538. The molecule has 7 nitrogen and oxygen atoms in total. The van der Waals surface area contributed by atoms with E-state index >= 15 is 0 Å². The van der Waals surface area contributed by atoms with Crippen LogP contribution >= 0.6 is 0 Å². The van der Waals surface area contributed by atoms with Crippen LogP contribution in [0.3, 0.4) is 0 Å². The van der Waals surface area contributed by atoms with E-state index in [1.165, 1.54) is 18.4 Å². The molecular weight excluding hydrogens is 416 g/mol. The number of benzene rings is 2. The Labute approximate surface area is 182 Å². The van der Waals surface area contributed by atoms with Crippen molar-refractivity contribution in [1.29, 1.82) is 0 Å². The fraction of sp³-hybridized carbons (Fsp3) is 0.261. The highest BCUT2D eigenvalue weighted by Gasteiger charge is 2.28. The first-order valence-corrected chi connectivity index (χ1v) is 11.4. The smallest absolute Gasteiger partial charge is 0.243 e. The first-order chi connectivity index (χ1) is 14.8. The van der Waals surface area contributed by atoms with Gasteiger partial charge in [0.1, 0.15) is 11.5 Å². The number of sulfonamides is 1. The third-order valence-corrected chi connectivity index (χ3v) is 6.69. The van der Waals surface area contributed by atoms with Crippen molar-refractivity contribution in [2.75, 3.05) is 18.5 Å². The monoisotopic (exact) mass is 442 g/mol. The SMILES string of the molecule is CCOc1ccc(S(=O)(=O)N(CC(=O)Nc2cccc(C)c2C)Cc2ccco2)cc1. The molecule has 1 aromatic heterocycles. The largest absolute Gasteiger partial charge is 0.494 e. The van der Waals surface area contributed by atoms with E-state index in [2.05, 4.69) is 5.32 Å². The van der Waals surface area contributed by atoms with Gasteiger partial charge in [-0.15, -0.1) is 0 Å². The Kier molecular flexibility index (Phi) is 7.14. The van der Waals surface area contributed by atoms with Crippen LogP contribution in [0.25, 0.3) is 0 Å². The Hall–Kier alpha value is -3.10. The molecule has 0 radical (unpaired) electrons. The number of hydrogen-bond acceptors (Lipinski definition) is 5. The highest BCUT2D eigenvalue weighted by atomic mass is 32.2. The van der Waals surface area contributed by atoms with Crippen LogP contribution in [0.1, 0.15) is 23.8 Å². The molecule has 164 valence electrons. The molecule has 0 fully saturated rings. The highest BCUT2D eigenvalue weighted by molar-refractivity contribution is 7.89. The number of furan rings is 1. The molecule has 1 N–H and O–H groups in total. The molecular formula is C23H26N2O5S. The van der Waals surface area contributed by atoms with Crippen LogP contribution in [0.5, 0.6) is 5.75 Å². The lowest BCUT2D eigenvalue weighted by molar-refractivity contribution is -0.116. The van der Waals surface area contributed by atoms with Crippen LogP contribution < -0.4 is 10.1 Å². The second-order valence-electron chi connectivity index (χ2n) is 7.05. The lowest BCUT2D eigenvalue weighted by Crippen LogP contribution is -2.37. The summed E-state index contributed by atoms with van der Waals surface area (Å²) in [7, 11) is -3.96. The number of hydrogen-bond donors (Lipinski definition) is 1. The van der Waals surface area contributed by atoms with E-state index in [0.717, 1.165) is 15.4 Å². The van der Waals surface area contributed by atoms with E-state index in [1.807, 2.05) is 32.9 Å². The molecule has 0 saturated heterocycles. The molecule has 2 aromatic carbocycles. The summed E-state index contributed by atoms with van der Waals surface area (Å²) in [5.41, 5.74) is 2.62. The van der Waals surface area contributed by atoms with Crippen molar-refractivity contribution in [1.82, 2.24) is 4.31 Å². The van der Waals surface area contributed by atoms with E-state index in [0.29, 0.717) is 23.8 Å². The van der Waals surface area contributed by atoms with Gasteiger partial charge in [-0.2, -0.15) is 4.31 Å². The first kappa shape index (κ1) is 22.6. The van der Waals surface area contributed by atoms with E-state index in [-0.39, 0.29) is 18.0 Å². The number of rotatable bonds is 9. The van der Waals surface area contributed by atoms with Gasteiger partial charge < -0.3 is 14.5 Å². The molecule has 8 heteroatoms. The molecule has 0 aliphatic rings. The molecule has 0 spiro atoms. The summed E-state index contributed by atoms with van der Waals surface area (Å²) in [6, 6.07) is 15.1. The predicted molar refractivity (Wildman–Crippen MR) is 118 cm³/mol. The van der Waals surface area contributed by atoms with Gasteiger partial charge in [-0.05, 0) is 74.4 Å². The van der Waals surface area contributed by atoms with E-state index in [4.69, 9.17) is 9.15 Å². The lowest BCUT2D eigenvalue weighted by Gasteiger charge is -2.21. The summed E-state index contributed by atoms with van der Waals surface area (Å²) < 4.78 is 38.4. The van der Waals surface area contributed by atoms with Crippen LogP contribution in [0.4, 0.5) is 5.69 Å². The van der Waals surface area contributed by atoms with Crippen LogP contribution in [0.15, 0.2) is 70.2 Å². The Morgan fingerprint density at radius 2 is 1.81 bits per heavy atom. The van der Waals surface area contributed by atoms with Gasteiger partial charge in [0.2, 0.25) is 15.9 Å². The van der Waals surface area contributed by atoms with Crippen molar-refractivity contribution in [2.45, 2.75) is 32.2 Å². The second-order valence-corrected chi connectivity index (χ2v) is 8.99. The number of ether oxygens (including phenoxy) is 1. The molecule has 0 aliphatic carbocycles. The van der Waals surface area contributed by atoms with Gasteiger partial charge in [0.05, 0.1) is 30.9 Å². The first-order valence-electron chi connectivity index (χ1n) is 9.92. The van der Waals surface area contributed by atoms with Crippen LogP contribution in [0, 0.1) is 13.8 Å². The highest BCUT2D eigenvalue weighted by Crippen LogP contribution is 2.23. The average Bonchev–Trinajstić information content (AvgIpc) is 3.25. The van der Waals surface area contributed by atoms with Gasteiger partial charge in [0.15, 0.2) is 0 Å². The molecule has 0 unspecified atom stereocenters. The summed E-state index contributed by atoms with van der Waals surface area (Å²) in [6.07, 6.45) is 1.47. The van der Waals surface area contributed by atoms with Gasteiger partial charge in [-0.1, -0.05) is 12.1 Å². The van der Waals surface area contributed by atoms with Gasteiger partial charge in [0.25, 0.3) is 0 Å². The minimum absolute atomic E-state index is 0.0667. The summed E-state index contributed by atoms with van der Waals surface area (Å²) >= 11 is 0. The fourth-order valence-electron chi connectivity index (χ4n) is 3.06. The van der Waals surface area contributed by atoms with Gasteiger partial charge in [-0.3, -0.25) is 4.79 Å². The van der Waals surface area contributed by atoms with Crippen LogP contribution in [0.2, 0.25) is 0 Å². The zero-order valence-electron chi connectivity index (χ0n) is 17.8. The molecule has 1 amide bonds. The third kappa shape index (κ3) is 5.53. The minimum Gasteiger partial charge on any atom is -0.494 e. The Bertz CT molecular complexity index is 1120. The number of nitrogens with zero attached hydrogens (tertiary/aromatic N) is 1. The molecule has 1 heterocycles. The van der Waals surface area contributed by atoms with Crippen molar-refractivity contribution in [3.05, 3.63) is 77.7 Å². The number of aryl methyl sites for hydroxylation is 1. The Morgan fingerprint density at radius 1 is 1.06 bits per heavy atom. The molecule has 31 heavy (non-hydrogen) atoms. The zero-order valence-corrected chi connectivity index (χ0v) is 18.6. The number of amides is 1. The molecule has 0 bridgehead atoms. The van der Waals surface area contributed by atoms with Crippen molar-refractivity contribution in [3.63, 3.8) is 0 Å². The predicted octanol–water partition coefficient (Wildman–Crippen LogP) is 4.12. The number of nitrogens with one attached hydrogen (secondary N) is 1. The maximum Gasteiger partial charge on any atom is 0.243 e. The van der Waals surface area contributed by atoms with Crippen molar-refractivity contribution >= 4 is 21.6 Å². The third-order valence-electron chi connectivity index (χ3n) is 4.88. The van der Waals surface area contributed by atoms with Gasteiger partial charge in [0, 0.05) is 5.69 Å². The molecule has 0 aliphatic heterocycles. The molecule has 0 saturated carbocycles. The van der Waals surface area contributed by atoms with Crippen molar-refractivity contribution < 1.29 is 22.4 Å². The summed E-state index contributed by atoms with van der Waals surface area (Å²) in [6.45, 7) is 5.76. The van der Waals surface area contributed by atoms with Crippen molar-refractivity contribution in [2.24, 2.45) is 0 Å². The Morgan fingerprint density at radius 3 is 2.45 bits per heavy atom. The zero-order chi connectivity index (χ0) is 22.4. The maximum absolute atomic E-state index is 13.3. The van der Waals surface area contributed by atoms with Crippen LogP contribution in [-0.4, -0.2) is 31.8 Å². The molecule has 0 atom stereocenters. The molecule has 3 rings (SSSR count). The number of anilines is 1. The lowest BCUT2D eigenvalue weighted by atomic mass is 10.1. The van der Waals surface area contributed by atoms with Crippen molar-refractivity contribution in [3.8, 4) is 5.75 Å². The summed E-state index contributed by atoms with van der Waals surface area (Å²) in [4.78, 5) is 12.8. The van der Waals surface area contributed by atoms with Gasteiger partial charge in [-0.25, -0.2) is 8.42 Å². The van der Waals surface area contributed by atoms with E-state index in [9.17, 15) is 13.2 Å². The second kappa shape index (κ2) is 9.80. The normalized spacial score (nSPS) is 11.5. The standard InChI is InChI=1S/C23H26N2O5S/c1-4-29-19-10-12-21(13-11-19)31(27,28)25(15-20-8-6-14-30-20)16-23(26)24-22-9-5-7-17(2)18(22)3/h5-14H,4,15-16H2,1-3H3,(H,24,26). The average molecular weight is 443 g/mol. The van der Waals surface area contributed by atoms with E-state index in [1.54, 1.807) is 30.3 Å². The maximum atomic E-state index is 13.3. The Balaban J connectivity index is 1.85. The number of carbonyl (C=O) groups excluding carboxylic acids is 1.